The molecule has 0 radical (unpaired) electrons. The minimum Gasteiger partial charge on any atom is -0.493 e. The Balaban J connectivity index is 1.58. The van der Waals surface area contributed by atoms with E-state index in [1.807, 2.05) is 12.1 Å². The number of hydrogen-bond donors (Lipinski definition) is 1. The lowest BCUT2D eigenvalue weighted by Gasteiger charge is -2.29. The average Bonchev–Trinajstić information content (AvgIpc) is 2.75. The zero-order valence-electron chi connectivity index (χ0n) is 17.0. The Morgan fingerprint density at radius 2 is 2.00 bits per heavy atom. The summed E-state index contributed by atoms with van der Waals surface area (Å²) < 4.78 is 26.6. The van der Waals surface area contributed by atoms with Crippen molar-refractivity contribution in [2.24, 2.45) is 5.92 Å². The number of halogens is 2. The third kappa shape index (κ3) is 4.68. The first-order valence-electron chi connectivity index (χ1n) is 9.89. The monoisotopic (exact) mass is 472 g/mol. The third-order valence-electron chi connectivity index (χ3n) is 5.42. The molecule has 1 saturated heterocycles. The SMILES string of the molecule is BN1CCC(COc2cc3ncnc(Nc4ccc(Br)cc4F)c3cc2OC)CC1. The van der Waals surface area contributed by atoms with E-state index >= 15 is 0 Å². The average molecular weight is 473 g/mol. The summed E-state index contributed by atoms with van der Waals surface area (Å²) >= 11 is 3.27. The van der Waals surface area contributed by atoms with Gasteiger partial charge in [0.1, 0.15) is 18.0 Å². The molecule has 0 unspecified atom stereocenters. The fourth-order valence-electron chi connectivity index (χ4n) is 3.59. The molecule has 0 saturated carbocycles. The number of ether oxygens (including phenoxy) is 2. The number of piperidine rings is 1. The van der Waals surface area contributed by atoms with Gasteiger partial charge in [0.15, 0.2) is 19.5 Å². The normalized spacial score (nSPS) is 15.3. The highest BCUT2D eigenvalue weighted by molar-refractivity contribution is 9.10. The van der Waals surface area contributed by atoms with Crippen molar-refractivity contribution in [2.45, 2.75) is 12.8 Å². The molecule has 1 fully saturated rings. The number of nitrogens with one attached hydrogen (secondary N) is 1. The van der Waals surface area contributed by atoms with E-state index in [2.05, 4.69) is 44.0 Å². The van der Waals surface area contributed by atoms with Crippen molar-refractivity contribution in [3.05, 3.63) is 46.9 Å². The van der Waals surface area contributed by atoms with Crippen molar-refractivity contribution in [1.29, 1.82) is 0 Å². The molecule has 4 rings (SSSR count). The molecule has 0 spiro atoms. The summed E-state index contributed by atoms with van der Waals surface area (Å²) in [6.45, 7) is 2.84. The van der Waals surface area contributed by atoms with Crippen LogP contribution in [0.15, 0.2) is 41.1 Å². The van der Waals surface area contributed by atoms with Crippen LogP contribution in [0.25, 0.3) is 10.9 Å². The van der Waals surface area contributed by atoms with E-state index in [9.17, 15) is 4.39 Å². The van der Waals surface area contributed by atoms with Gasteiger partial charge in [-0.3, -0.25) is 0 Å². The maximum atomic E-state index is 14.3. The number of methoxy groups -OCH3 is 1. The summed E-state index contributed by atoms with van der Waals surface area (Å²) in [5, 5.41) is 3.78. The van der Waals surface area contributed by atoms with Crippen molar-refractivity contribution >= 4 is 46.3 Å². The van der Waals surface area contributed by atoms with Crippen LogP contribution in [-0.2, 0) is 0 Å². The fourth-order valence-corrected chi connectivity index (χ4v) is 3.92. The molecule has 1 aliphatic rings. The van der Waals surface area contributed by atoms with Gasteiger partial charge in [0.25, 0.3) is 0 Å². The van der Waals surface area contributed by atoms with Gasteiger partial charge in [-0.05, 0) is 56.1 Å². The van der Waals surface area contributed by atoms with Crippen LogP contribution in [0.5, 0.6) is 11.5 Å². The number of benzene rings is 2. The van der Waals surface area contributed by atoms with Crippen LogP contribution in [-0.4, -0.2) is 49.6 Å². The number of nitrogens with zero attached hydrogens (tertiary/aromatic N) is 3. The standard InChI is InChI=1S/C21H23BBrFN4O2/c1-29-19-9-15-18(10-20(19)30-11-13-4-6-28(22)7-5-13)25-12-26-21(15)27-17-3-2-14(23)8-16(17)24/h2-3,8-10,12-13H,4-7,11,22H2,1H3,(H,25,26,27). The summed E-state index contributed by atoms with van der Waals surface area (Å²) in [6.07, 6.45) is 3.71. The molecular formula is C21H23BBrFN4O2. The Kier molecular flexibility index (Phi) is 6.39. The summed E-state index contributed by atoms with van der Waals surface area (Å²) in [5.74, 6) is 1.92. The number of fused-ring (bicyclic) bond motifs is 1. The van der Waals surface area contributed by atoms with E-state index in [0.717, 1.165) is 31.3 Å². The molecule has 0 amide bonds. The van der Waals surface area contributed by atoms with E-state index in [0.29, 0.717) is 45.5 Å². The summed E-state index contributed by atoms with van der Waals surface area (Å²) in [7, 11) is 3.75. The van der Waals surface area contributed by atoms with Crippen LogP contribution in [0.3, 0.4) is 0 Å². The number of anilines is 2. The van der Waals surface area contributed by atoms with E-state index in [-0.39, 0.29) is 5.82 Å². The Bertz CT molecular complexity index is 1050. The molecule has 2 heterocycles. The quantitative estimate of drug-likeness (QED) is 0.548. The van der Waals surface area contributed by atoms with Crippen LogP contribution < -0.4 is 14.8 Å². The summed E-state index contributed by atoms with van der Waals surface area (Å²) in [5.41, 5.74) is 1.03. The topological polar surface area (TPSA) is 59.5 Å². The van der Waals surface area contributed by atoms with Gasteiger partial charge in [-0.2, -0.15) is 0 Å². The van der Waals surface area contributed by atoms with E-state index in [4.69, 9.17) is 9.47 Å². The Hall–Kier alpha value is -2.39. The van der Waals surface area contributed by atoms with Gasteiger partial charge in [0.2, 0.25) is 0 Å². The van der Waals surface area contributed by atoms with Gasteiger partial charge < -0.3 is 19.6 Å². The molecule has 0 atom stereocenters. The predicted molar refractivity (Wildman–Crippen MR) is 122 cm³/mol. The molecule has 3 aromatic rings. The second-order valence-corrected chi connectivity index (χ2v) is 8.46. The van der Waals surface area contributed by atoms with Crippen LogP contribution in [0.2, 0.25) is 0 Å². The number of rotatable bonds is 6. The summed E-state index contributed by atoms with van der Waals surface area (Å²) in [6, 6.07) is 8.52. The highest BCUT2D eigenvalue weighted by Crippen LogP contribution is 2.35. The van der Waals surface area contributed by atoms with E-state index in [1.165, 1.54) is 12.4 Å². The first kappa shape index (κ1) is 20.9. The molecule has 1 aliphatic heterocycles. The minimum absolute atomic E-state index is 0.333. The fraction of sp³-hybridized carbons (Fsp3) is 0.333. The Morgan fingerprint density at radius 3 is 2.73 bits per heavy atom. The minimum atomic E-state index is -0.374. The van der Waals surface area contributed by atoms with Crippen molar-refractivity contribution in [2.75, 3.05) is 32.1 Å². The molecule has 0 aliphatic carbocycles. The van der Waals surface area contributed by atoms with Gasteiger partial charge in [-0.1, -0.05) is 15.9 Å². The molecule has 0 bridgehead atoms. The van der Waals surface area contributed by atoms with Crippen molar-refractivity contribution in [3.8, 4) is 11.5 Å². The van der Waals surface area contributed by atoms with Crippen LogP contribution in [0.1, 0.15) is 12.8 Å². The molecule has 2 aromatic carbocycles. The maximum Gasteiger partial charge on any atom is 0.185 e. The Labute approximate surface area is 184 Å². The van der Waals surface area contributed by atoms with Gasteiger partial charge in [0, 0.05) is 15.9 Å². The first-order valence-corrected chi connectivity index (χ1v) is 10.7. The Morgan fingerprint density at radius 1 is 1.20 bits per heavy atom. The van der Waals surface area contributed by atoms with Crippen molar-refractivity contribution < 1.29 is 13.9 Å². The molecular weight excluding hydrogens is 450 g/mol. The molecule has 1 N–H and O–H groups in total. The lowest BCUT2D eigenvalue weighted by Crippen LogP contribution is -2.33. The summed E-state index contributed by atoms with van der Waals surface area (Å²) in [4.78, 5) is 11.0. The number of aromatic nitrogens is 2. The molecule has 1 aromatic heterocycles. The van der Waals surface area contributed by atoms with Gasteiger partial charge in [0.05, 0.1) is 24.9 Å². The zero-order valence-corrected chi connectivity index (χ0v) is 18.6. The maximum absolute atomic E-state index is 14.3. The number of hydrogen-bond acceptors (Lipinski definition) is 6. The van der Waals surface area contributed by atoms with Crippen LogP contribution >= 0.6 is 15.9 Å². The lowest BCUT2D eigenvalue weighted by molar-refractivity contribution is 0.183. The van der Waals surface area contributed by atoms with Gasteiger partial charge in [-0.25, -0.2) is 14.4 Å². The molecule has 6 nitrogen and oxygen atoms in total. The smallest absolute Gasteiger partial charge is 0.185 e. The highest BCUT2D eigenvalue weighted by atomic mass is 79.9. The van der Waals surface area contributed by atoms with E-state index < -0.39 is 0 Å². The van der Waals surface area contributed by atoms with Crippen molar-refractivity contribution in [1.82, 2.24) is 14.8 Å². The molecule has 156 valence electrons. The zero-order chi connectivity index (χ0) is 21.1. The van der Waals surface area contributed by atoms with Gasteiger partial charge >= 0.3 is 0 Å². The van der Waals surface area contributed by atoms with Gasteiger partial charge in [-0.15, -0.1) is 0 Å². The largest absolute Gasteiger partial charge is 0.493 e. The molecule has 9 heteroatoms. The third-order valence-corrected chi connectivity index (χ3v) is 5.91. The van der Waals surface area contributed by atoms with E-state index in [1.54, 1.807) is 19.2 Å². The second kappa shape index (κ2) is 9.18. The second-order valence-electron chi connectivity index (χ2n) is 7.55. The highest BCUT2D eigenvalue weighted by Gasteiger charge is 2.19. The lowest BCUT2D eigenvalue weighted by atomic mass is 9.96. The molecule has 30 heavy (non-hydrogen) atoms. The van der Waals surface area contributed by atoms with Crippen molar-refractivity contribution in [3.63, 3.8) is 0 Å². The first-order chi connectivity index (χ1) is 14.5. The predicted octanol–water partition coefficient (Wildman–Crippen LogP) is 3.92. The van der Waals surface area contributed by atoms with Crippen LogP contribution in [0, 0.1) is 11.7 Å². The van der Waals surface area contributed by atoms with Crippen LogP contribution in [0.4, 0.5) is 15.9 Å².